The number of carbonyl (C=O) groups is 1. The number of carbonyl (C=O) groups excluding carboxylic acids is 1. The predicted octanol–water partition coefficient (Wildman–Crippen LogP) is 4.35. The van der Waals surface area contributed by atoms with Crippen LogP contribution >= 0.6 is 23.2 Å². The molecule has 8 heteroatoms. The maximum atomic E-state index is 12.7. The highest BCUT2D eigenvalue weighted by molar-refractivity contribution is 6.39. The number of amides is 1. The van der Waals surface area contributed by atoms with E-state index in [4.69, 9.17) is 37.4 Å². The highest BCUT2D eigenvalue weighted by atomic mass is 35.5. The third-order valence-electron chi connectivity index (χ3n) is 4.85. The SMILES string of the molecule is COc1ccc(C(=O)Nc2c(Cl)cncc2Cl)cc1OC1CC2CCC1O2. The van der Waals surface area contributed by atoms with Crippen LogP contribution in [0, 0.1) is 0 Å². The van der Waals surface area contributed by atoms with Crippen LogP contribution < -0.4 is 14.8 Å². The van der Waals surface area contributed by atoms with E-state index in [2.05, 4.69) is 10.3 Å². The highest BCUT2D eigenvalue weighted by Crippen LogP contribution is 2.39. The van der Waals surface area contributed by atoms with Gasteiger partial charge >= 0.3 is 0 Å². The third-order valence-corrected chi connectivity index (χ3v) is 5.42. The lowest BCUT2D eigenvalue weighted by Crippen LogP contribution is -2.28. The van der Waals surface area contributed by atoms with E-state index < -0.39 is 0 Å². The van der Waals surface area contributed by atoms with Crippen LogP contribution in [0.2, 0.25) is 10.0 Å². The molecule has 0 radical (unpaired) electrons. The fourth-order valence-corrected chi connectivity index (χ4v) is 3.96. The van der Waals surface area contributed by atoms with E-state index >= 15 is 0 Å². The number of aromatic nitrogens is 1. The summed E-state index contributed by atoms with van der Waals surface area (Å²) in [5, 5.41) is 3.24. The Morgan fingerprint density at radius 3 is 2.63 bits per heavy atom. The van der Waals surface area contributed by atoms with Crippen LogP contribution in [0.3, 0.4) is 0 Å². The van der Waals surface area contributed by atoms with Crippen LogP contribution in [-0.2, 0) is 4.74 Å². The van der Waals surface area contributed by atoms with Gasteiger partial charge in [-0.05, 0) is 31.0 Å². The highest BCUT2D eigenvalue weighted by Gasteiger charge is 2.42. The molecule has 2 fully saturated rings. The minimum Gasteiger partial charge on any atom is -0.493 e. The van der Waals surface area contributed by atoms with E-state index in [1.165, 1.54) is 12.4 Å². The Morgan fingerprint density at radius 1 is 1.22 bits per heavy atom. The first kappa shape index (κ1) is 18.3. The van der Waals surface area contributed by atoms with Crippen molar-refractivity contribution in [2.75, 3.05) is 12.4 Å². The van der Waals surface area contributed by atoms with Gasteiger partial charge in [0, 0.05) is 24.4 Å². The largest absolute Gasteiger partial charge is 0.493 e. The molecule has 1 amide bonds. The van der Waals surface area contributed by atoms with Gasteiger partial charge in [-0.15, -0.1) is 0 Å². The lowest BCUT2D eigenvalue weighted by atomic mass is 9.98. The van der Waals surface area contributed by atoms with E-state index in [0.717, 1.165) is 19.3 Å². The van der Waals surface area contributed by atoms with Crippen molar-refractivity contribution in [2.24, 2.45) is 0 Å². The average Bonchev–Trinajstić information content (AvgIpc) is 3.28. The lowest BCUT2D eigenvalue weighted by Gasteiger charge is -2.22. The molecule has 3 atom stereocenters. The van der Waals surface area contributed by atoms with Crippen molar-refractivity contribution in [1.29, 1.82) is 0 Å². The molecule has 3 unspecified atom stereocenters. The van der Waals surface area contributed by atoms with Crippen molar-refractivity contribution in [3.63, 3.8) is 0 Å². The Hall–Kier alpha value is -2.02. The standard InChI is InChI=1S/C19H18Cl2N2O4/c1-25-14-4-2-10(19(24)23-18-12(20)8-22-9-13(18)21)6-16(14)27-17-7-11-3-5-15(17)26-11/h2,4,6,8-9,11,15,17H,3,5,7H2,1H3,(H,22,23,24). The van der Waals surface area contributed by atoms with Crippen molar-refractivity contribution in [1.82, 2.24) is 4.98 Å². The van der Waals surface area contributed by atoms with Gasteiger partial charge in [-0.2, -0.15) is 0 Å². The summed E-state index contributed by atoms with van der Waals surface area (Å²) in [7, 11) is 1.57. The van der Waals surface area contributed by atoms with Crippen molar-refractivity contribution < 1.29 is 19.0 Å². The Balaban J connectivity index is 1.55. The first-order chi connectivity index (χ1) is 13.0. The molecule has 0 aliphatic carbocycles. The predicted molar refractivity (Wildman–Crippen MR) is 102 cm³/mol. The summed E-state index contributed by atoms with van der Waals surface area (Å²) in [6, 6.07) is 5.01. The van der Waals surface area contributed by atoms with Gasteiger partial charge < -0.3 is 19.5 Å². The number of methoxy groups -OCH3 is 1. The van der Waals surface area contributed by atoms with Crippen LogP contribution in [0.5, 0.6) is 11.5 Å². The van der Waals surface area contributed by atoms with Gasteiger partial charge in [-0.3, -0.25) is 9.78 Å². The summed E-state index contributed by atoms with van der Waals surface area (Å²) < 4.78 is 17.3. The van der Waals surface area contributed by atoms with Gasteiger partial charge in [0.2, 0.25) is 0 Å². The second-order valence-corrected chi connectivity index (χ2v) is 7.38. The molecular formula is C19H18Cl2N2O4. The fraction of sp³-hybridized carbons (Fsp3) is 0.368. The number of benzene rings is 1. The van der Waals surface area contributed by atoms with E-state index in [9.17, 15) is 4.79 Å². The number of ether oxygens (including phenoxy) is 3. The van der Waals surface area contributed by atoms with Crippen molar-refractivity contribution in [3.8, 4) is 11.5 Å². The number of hydrogen-bond acceptors (Lipinski definition) is 5. The Labute approximate surface area is 166 Å². The zero-order valence-electron chi connectivity index (χ0n) is 14.6. The molecule has 6 nitrogen and oxygen atoms in total. The average molecular weight is 409 g/mol. The number of fused-ring (bicyclic) bond motifs is 2. The molecule has 1 aromatic carbocycles. The quantitative estimate of drug-likeness (QED) is 0.796. The smallest absolute Gasteiger partial charge is 0.255 e. The first-order valence-electron chi connectivity index (χ1n) is 8.65. The fourth-order valence-electron chi connectivity index (χ4n) is 3.50. The Bertz CT molecular complexity index is 857. The molecule has 0 saturated carbocycles. The molecule has 27 heavy (non-hydrogen) atoms. The Kier molecular flexibility index (Phi) is 5.12. The molecular weight excluding hydrogens is 391 g/mol. The summed E-state index contributed by atoms with van der Waals surface area (Å²) in [5.74, 6) is 0.717. The first-order valence-corrected chi connectivity index (χ1v) is 9.41. The van der Waals surface area contributed by atoms with E-state index in [-0.39, 0.29) is 34.3 Å². The van der Waals surface area contributed by atoms with Crippen LogP contribution in [-0.4, -0.2) is 36.3 Å². The monoisotopic (exact) mass is 408 g/mol. The topological polar surface area (TPSA) is 69.7 Å². The number of halogens is 2. The number of pyridine rings is 1. The van der Waals surface area contributed by atoms with Gasteiger partial charge in [0.1, 0.15) is 6.10 Å². The molecule has 1 aromatic heterocycles. The van der Waals surface area contributed by atoms with Crippen molar-refractivity contribution >= 4 is 34.8 Å². The zero-order chi connectivity index (χ0) is 19.0. The molecule has 142 valence electrons. The summed E-state index contributed by atoms with van der Waals surface area (Å²) in [5.41, 5.74) is 0.719. The minimum absolute atomic E-state index is 0.0277. The molecule has 2 aromatic rings. The number of nitrogens with one attached hydrogen (secondary N) is 1. The van der Waals surface area contributed by atoms with Crippen LogP contribution in [0.4, 0.5) is 5.69 Å². The van der Waals surface area contributed by atoms with Crippen molar-refractivity contribution in [2.45, 2.75) is 37.6 Å². The van der Waals surface area contributed by atoms with E-state index in [0.29, 0.717) is 22.7 Å². The zero-order valence-corrected chi connectivity index (χ0v) is 16.1. The molecule has 2 aliphatic heterocycles. The number of hydrogen-bond donors (Lipinski definition) is 1. The number of rotatable bonds is 5. The van der Waals surface area contributed by atoms with Gasteiger partial charge in [-0.1, -0.05) is 23.2 Å². The minimum atomic E-state index is -0.360. The van der Waals surface area contributed by atoms with Crippen LogP contribution in [0.25, 0.3) is 0 Å². The number of anilines is 1. The molecule has 1 N–H and O–H groups in total. The maximum Gasteiger partial charge on any atom is 0.255 e. The van der Waals surface area contributed by atoms with Gasteiger partial charge in [0.15, 0.2) is 11.5 Å². The maximum absolute atomic E-state index is 12.7. The summed E-state index contributed by atoms with van der Waals surface area (Å²) >= 11 is 12.1. The van der Waals surface area contributed by atoms with E-state index in [1.807, 2.05) is 0 Å². The normalized spacial score (nSPS) is 23.3. The Morgan fingerprint density at radius 2 is 2.00 bits per heavy atom. The van der Waals surface area contributed by atoms with Gasteiger partial charge in [0.05, 0.1) is 35.1 Å². The molecule has 2 saturated heterocycles. The molecule has 3 heterocycles. The van der Waals surface area contributed by atoms with Crippen LogP contribution in [0.15, 0.2) is 30.6 Å². The summed E-state index contributed by atoms with van der Waals surface area (Å²) in [4.78, 5) is 16.5. The summed E-state index contributed by atoms with van der Waals surface area (Å²) in [6.07, 6.45) is 6.11. The van der Waals surface area contributed by atoms with Crippen molar-refractivity contribution in [3.05, 3.63) is 46.2 Å². The molecule has 0 spiro atoms. The second kappa shape index (κ2) is 7.54. The van der Waals surface area contributed by atoms with E-state index in [1.54, 1.807) is 25.3 Å². The third kappa shape index (κ3) is 3.70. The summed E-state index contributed by atoms with van der Waals surface area (Å²) in [6.45, 7) is 0. The van der Waals surface area contributed by atoms with Crippen LogP contribution in [0.1, 0.15) is 29.6 Å². The molecule has 4 rings (SSSR count). The number of nitrogens with zero attached hydrogens (tertiary/aromatic N) is 1. The van der Waals surface area contributed by atoms with Gasteiger partial charge in [0.25, 0.3) is 5.91 Å². The molecule has 2 aliphatic rings. The van der Waals surface area contributed by atoms with Gasteiger partial charge in [-0.25, -0.2) is 0 Å². The molecule has 2 bridgehead atoms. The lowest BCUT2D eigenvalue weighted by molar-refractivity contribution is 0.0629. The second-order valence-electron chi connectivity index (χ2n) is 6.56.